The topological polar surface area (TPSA) is 726 Å². The fourth-order valence-electron chi connectivity index (χ4n) is 15.8. The minimum atomic E-state index is -1.96. The minimum Gasteiger partial charge on any atom is -0.508 e. The molecule has 7 rings (SSSR count). The van der Waals surface area contributed by atoms with Gasteiger partial charge < -0.3 is 138 Å². The van der Waals surface area contributed by atoms with Crippen molar-refractivity contribution >= 4 is 130 Å². The summed E-state index contributed by atoms with van der Waals surface area (Å²) in [5, 5.41) is 108. The molecule has 0 aliphatic rings. The number of phenols is 4. The molecular formula is C101H139N23O21S. The second kappa shape index (κ2) is 57.7. The van der Waals surface area contributed by atoms with Gasteiger partial charge in [0.05, 0.1) is 12.5 Å². The number of para-hydroxylation sites is 1. The zero-order valence-corrected chi connectivity index (χ0v) is 84.2. The van der Waals surface area contributed by atoms with Gasteiger partial charge in [-0.2, -0.15) is 12.6 Å². The first-order valence-corrected chi connectivity index (χ1v) is 48.8. The van der Waals surface area contributed by atoms with Crippen LogP contribution < -0.4 is 103 Å². The number of aromatic hydroxyl groups is 4. The Hall–Kier alpha value is -15.6. The van der Waals surface area contributed by atoms with Crippen LogP contribution in [0.15, 0.2) is 158 Å². The highest BCUT2D eigenvalue weighted by molar-refractivity contribution is 7.80. The normalized spacial score (nSPS) is 14.7. The number of nitrogens with two attached hydrogens (primary N) is 4. The average molecular weight is 2040 g/mol. The highest BCUT2D eigenvalue weighted by atomic mass is 32.1. The number of thiol groups is 1. The van der Waals surface area contributed by atoms with Crippen molar-refractivity contribution < 1.29 is 102 Å². The number of primary amides is 1. The molecule has 7 aromatic rings. The number of H-pyrrole nitrogens is 1. The molecule has 0 saturated carbocycles. The maximum absolute atomic E-state index is 15.5. The molecule has 0 unspecified atom stereocenters. The number of rotatable bonds is 58. The van der Waals surface area contributed by atoms with E-state index in [1.54, 1.807) is 116 Å². The maximum Gasteiger partial charge on any atom is 0.327 e. The molecule has 6 aromatic carbocycles. The molecule has 146 heavy (non-hydrogen) atoms. The Morgan fingerprint density at radius 3 is 1.09 bits per heavy atom. The number of carboxylic acids is 1. The van der Waals surface area contributed by atoms with E-state index in [2.05, 4.69) is 97.4 Å². The third-order valence-corrected chi connectivity index (χ3v) is 25.1. The van der Waals surface area contributed by atoms with E-state index in [0.717, 1.165) is 4.90 Å². The van der Waals surface area contributed by atoms with E-state index in [1.807, 2.05) is 0 Å². The summed E-state index contributed by atoms with van der Waals surface area (Å²) in [6.45, 7) is 14.5. The number of amides is 15. The summed E-state index contributed by atoms with van der Waals surface area (Å²) in [6.07, 6.45) is -1.32. The van der Waals surface area contributed by atoms with Gasteiger partial charge in [0.15, 0.2) is 11.9 Å². The zero-order valence-electron chi connectivity index (χ0n) is 83.3. The lowest BCUT2D eigenvalue weighted by Gasteiger charge is -2.33. The molecule has 1 heterocycles. The molecule has 0 bridgehead atoms. The second-order valence-electron chi connectivity index (χ2n) is 36.9. The van der Waals surface area contributed by atoms with E-state index >= 15 is 47.9 Å². The molecular weight excluding hydrogens is 1900 g/mol. The molecule has 0 radical (unpaired) electrons. The van der Waals surface area contributed by atoms with Crippen LogP contribution in [-0.2, 0) is 115 Å². The number of phenolic OH excluding ortho intramolecular Hbond substituents is 4. The standard InChI is InChI=1S/C101H139N23O21S/c1-11-55(7)83(96(141)112-71(25-19-43-109-101(106)107)86(131)111-70(24-18-42-108-100(104)105)87(132)118-77(47-61-30-38-66(127)39-31-61)98(143)124(10)79(48-62-32-40-67(128)41-33-62)93(138)119-78(52-146)99(144)145)123-97(142)84(56(8)12-2)122-92(137)73(46-60-28-36-65(126)37-29-60)114-88(133)72(45-59-26-34-64(125)35-27-59)113-90(135)76(50-80(103)129)115-89(134)75(49-63-51-110-69-23-17-16-22-68(63)69)117-95(140)82(54(5)6)121-91(136)74(44-58-20-14-13-15-21-58)116-94(139)81(53(3)4)120-85(130)57(9)102/h13-17,20-23,26-41,51,53-57,70-79,81-84,110,125-128,146H,11-12,18-19,24-25,42-50,52,102H2,1-10H3,(H2,103,129)(H,111,131)(H,112,141)(H,113,135)(H,114,133)(H,115,134)(H,116,139)(H,117,140)(H,118,132)(H,119,138)(H,120,130)(H,121,136)(H,122,137)(H,123,142)(H,144,145)(H4,104,105,108)(H4,106,107,109)/t55-,56-,57-,70-,71-,72-,73-,74-,75-,76-,77-,78-,79-,81-,82-,83-,84-/m0/s1. The first kappa shape index (κ1) is 117. The average Bonchev–Trinajstić information content (AvgIpc) is 1.51. The fourth-order valence-corrected chi connectivity index (χ4v) is 16.0. The fraction of sp³-hybridized carbons (Fsp3) is 0.446. The molecule has 0 saturated heterocycles. The second-order valence-corrected chi connectivity index (χ2v) is 37.3. The number of benzene rings is 6. The Morgan fingerprint density at radius 1 is 0.370 bits per heavy atom. The number of aliphatic carboxylic acids is 1. The van der Waals surface area contributed by atoms with Gasteiger partial charge in [-0.25, -0.2) is 4.79 Å². The molecule has 44 nitrogen and oxygen atoms in total. The predicted octanol–water partition coefficient (Wildman–Crippen LogP) is 0.0434. The van der Waals surface area contributed by atoms with E-state index < -0.39 is 240 Å². The van der Waals surface area contributed by atoms with Gasteiger partial charge in [-0.1, -0.05) is 165 Å². The van der Waals surface area contributed by atoms with Gasteiger partial charge in [0.2, 0.25) is 88.6 Å². The summed E-state index contributed by atoms with van der Waals surface area (Å²) in [5.74, 6) is -20.7. The van der Waals surface area contributed by atoms with E-state index in [9.17, 15) is 54.3 Å². The van der Waals surface area contributed by atoms with Crippen LogP contribution in [0.4, 0.5) is 0 Å². The SMILES string of the molecule is CC[C@H](C)[C@H](NC(=O)[C@H](Cc1ccc(O)cc1)NC(=O)[C@H](Cc1ccc(O)cc1)NC(=O)[C@H](CC(N)=O)NC(=O)[C@H](Cc1c[nH]c2ccccc12)NC(=O)[C@@H](NC(=O)[C@H](Cc1ccccc1)NC(=O)[C@@H](NC(=O)[C@H](C)N)C(C)C)C(C)C)C(=O)N[C@H](C(=O)N[C@@H](CCCNC(=N)N)C(=O)N[C@@H](CCCNC(=N)N)C(=O)N[C@@H](Cc1ccc(O)cc1)C(=O)N(C)[C@@H](Cc1ccc(O)cc1)C(=O)N[C@@H](CS)C(=O)O)[C@@H](C)CC. The smallest absolute Gasteiger partial charge is 0.327 e. The Kier molecular flexibility index (Phi) is 46.4. The van der Waals surface area contributed by atoms with E-state index in [1.165, 1.54) is 111 Å². The van der Waals surface area contributed by atoms with Crippen molar-refractivity contribution in [2.75, 3.05) is 25.9 Å². The summed E-state index contributed by atoms with van der Waals surface area (Å²) < 4.78 is 0. The summed E-state index contributed by atoms with van der Waals surface area (Å²) in [5.41, 5.74) is 26.1. The molecule has 0 spiro atoms. The predicted molar refractivity (Wildman–Crippen MR) is 547 cm³/mol. The van der Waals surface area contributed by atoms with Gasteiger partial charge in [-0.3, -0.25) is 82.7 Å². The first-order chi connectivity index (χ1) is 69.2. The molecule has 0 aliphatic heterocycles. The summed E-state index contributed by atoms with van der Waals surface area (Å²) >= 11 is 4.09. The van der Waals surface area contributed by atoms with Crippen LogP contribution in [-0.4, -0.2) is 258 Å². The number of nitrogens with one attached hydrogen (secondary N) is 18. The van der Waals surface area contributed by atoms with E-state index in [4.69, 9.17) is 33.8 Å². The molecule has 0 aliphatic carbocycles. The van der Waals surface area contributed by atoms with Crippen molar-refractivity contribution in [2.24, 2.45) is 46.6 Å². The van der Waals surface area contributed by atoms with Crippen molar-refractivity contribution in [3.05, 3.63) is 191 Å². The van der Waals surface area contributed by atoms with Crippen LogP contribution in [0, 0.1) is 34.5 Å². The van der Waals surface area contributed by atoms with Crippen molar-refractivity contribution in [1.29, 1.82) is 10.8 Å². The Bertz CT molecular complexity index is 5640. The molecule has 0 fully saturated rings. The number of fused-ring (bicyclic) bond motifs is 1. The van der Waals surface area contributed by atoms with Gasteiger partial charge >= 0.3 is 5.97 Å². The van der Waals surface area contributed by atoms with Crippen molar-refractivity contribution in [1.82, 2.24) is 89.6 Å². The zero-order chi connectivity index (χ0) is 108. The van der Waals surface area contributed by atoms with Gasteiger partial charge in [-0.15, -0.1) is 0 Å². The minimum absolute atomic E-state index is 0.00317. The van der Waals surface area contributed by atoms with Gasteiger partial charge in [0.1, 0.15) is 108 Å². The Labute approximate surface area is 851 Å². The molecule has 31 N–H and O–H groups in total. The highest BCUT2D eigenvalue weighted by Gasteiger charge is 2.42. The van der Waals surface area contributed by atoms with E-state index in [-0.39, 0.29) is 112 Å². The lowest BCUT2D eigenvalue weighted by atomic mass is 9.94. The number of hydrogen-bond donors (Lipinski definition) is 28. The van der Waals surface area contributed by atoms with Crippen LogP contribution in [0.5, 0.6) is 23.0 Å². The highest BCUT2D eigenvalue weighted by Crippen LogP contribution is 2.25. The maximum atomic E-state index is 15.5. The number of carbonyl (C=O) groups is 16. The molecule has 45 heteroatoms. The van der Waals surface area contributed by atoms with Crippen LogP contribution in [0.1, 0.15) is 141 Å². The summed E-state index contributed by atoms with van der Waals surface area (Å²) in [4.78, 5) is 238. The number of carbonyl (C=O) groups excluding carboxylic acids is 15. The third-order valence-electron chi connectivity index (χ3n) is 24.7. The number of aromatic nitrogens is 1. The van der Waals surface area contributed by atoms with Crippen LogP contribution in [0.25, 0.3) is 10.9 Å². The van der Waals surface area contributed by atoms with Crippen LogP contribution in [0.3, 0.4) is 0 Å². The number of guanidine groups is 2. The van der Waals surface area contributed by atoms with E-state index in [0.29, 0.717) is 38.7 Å². The number of hydrogen-bond acceptors (Lipinski definition) is 24. The number of likely N-dealkylation sites (N-methyl/N-ethyl adjacent to an activating group) is 1. The van der Waals surface area contributed by atoms with Gasteiger partial charge in [-0.05, 0) is 144 Å². The van der Waals surface area contributed by atoms with Gasteiger partial charge in [0, 0.05) is 81.5 Å². The quantitative estimate of drug-likeness (QED) is 0.0104. The van der Waals surface area contributed by atoms with Crippen LogP contribution >= 0.6 is 12.6 Å². The van der Waals surface area contributed by atoms with Crippen molar-refractivity contribution in [3.63, 3.8) is 0 Å². The van der Waals surface area contributed by atoms with Gasteiger partial charge in [0.25, 0.3) is 0 Å². The molecule has 15 amide bonds. The largest absolute Gasteiger partial charge is 0.508 e. The van der Waals surface area contributed by atoms with Crippen molar-refractivity contribution in [2.45, 2.75) is 236 Å². The number of nitrogens with zero attached hydrogens (tertiary/aromatic N) is 1. The lowest BCUT2D eigenvalue weighted by Crippen LogP contribution is -2.63. The number of carboxylic acid groups (broad SMARTS) is 1. The lowest BCUT2D eigenvalue weighted by molar-refractivity contribution is -0.145. The summed E-state index contributed by atoms with van der Waals surface area (Å²) in [6, 6.07) is 14.6. The monoisotopic (exact) mass is 2040 g/mol. The number of aromatic amines is 1. The van der Waals surface area contributed by atoms with Crippen LogP contribution in [0.2, 0.25) is 0 Å². The third kappa shape index (κ3) is 37.3. The Morgan fingerprint density at radius 2 is 0.685 bits per heavy atom. The molecule has 1 aromatic heterocycles. The van der Waals surface area contributed by atoms with Crippen molar-refractivity contribution in [3.8, 4) is 23.0 Å². The molecule has 17 atom stereocenters. The Balaban J connectivity index is 1.19. The first-order valence-electron chi connectivity index (χ1n) is 48.1. The molecule has 790 valence electrons. The summed E-state index contributed by atoms with van der Waals surface area (Å²) in [7, 11) is 1.24.